The molecule has 2 saturated heterocycles. The maximum Gasteiger partial charge on any atom is 0.435 e. The number of hydrogen-bond donors (Lipinski definition) is 0. The van der Waals surface area contributed by atoms with Gasteiger partial charge in [-0.2, -0.15) is 13.2 Å². The van der Waals surface area contributed by atoms with E-state index in [0.717, 1.165) is 0 Å². The van der Waals surface area contributed by atoms with Gasteiger partial charge in [-0.25, -0.2) is 4.98 Å². The van der Waals surface area contributed by atoms with Gasteiger partial charge in [-0.05, 0) is 19.3 Å². The first-order valence-corrected chi connectivity index (χ1v) is 9.22. The molecule has 3 fully saturated rings. The zero-order valence-electron chi connectivity index (χ0n) is 15.1. The first-order valence-electron chi connectivity index (χ1n) is 9.22. The third-order valence-electron chi connectivity index (χ3n) is 5.62. The van der Waals surface area contributed by atoms with Gasteiger partial charge in [-0.1, -0.05) is 0 Å². The summed E-state index contributed by atoms with van der Waals surface area (Å²) in [5, 5.41) is 0. The summed E-state index contributed by atoms with van der Waals surface area (Å²) in [6.07, 6.45) is -0.136. The molecule has 4 rings (SSSR count). The van der Waals surface area contributed by atoms with Crippen molar-refractivity contribution < 1.29 is 32.2 Å². The zero-order valence-corrected chi connectivity index (χ0v) is 15.1. The molecule has 0 radical (unpaired) electrons. The molecule has 1 spiro atoms. The molecule has 28 heavy (non-hydrogen) atoms. The Labute approximate surface area is 159 Å². The third-order valence-corrected chi connectivity index (χ3v) is 5.62. The number of nitrogens with zero attached hydrogens (tertiary/aromatic N) is 3. The Balaban J connectivity index is 1.19. The number of carbonyl (C=O) groups is 2. The molecule has 1 saturated carbocycles. The van der Waals surface area contributed by atoms with Crippen LogP contribution in [0.4, 0.5) is 13.2 Å². The number of cyclic esters (lactones) is 1. The van der Waals surface area contributed by atoms with E-state index in [-0.39, 0.29) is 35.2 Å². The molecule has 1 atom stereocenters. The highest BCUT2D eigenvalue weighted by Crippen LogP contribution is 2.49. The van der Waals surface area contributed by atoms with E-state index in [4.69, 9.17) is 9.47 Å². The van der Waals surface area contributed by atoms with Gasteiger partial charge in [0, 0.05) is 30.8 Å². The highest BCUT2D eigenvalue weighted by Gasteiger charge is 2.54. The maximum atomic E-state index is 12.7. The number of halogens is 3. The van der Waals surface area contributed by atoms with Gasteiger partial charge in [0.05, 0.1) is 25.4 Å². The number of amides is 1. The molecule has 10 heteroatoms. The third kappa shape index (κ3) is 3.90. The number of likely N-dealkylation sites (tertiary alicyclic amines) is 1. The highest BCUT2D eigenvalue weighted by atomic mass is 19.4. The lowest BCUT2D eigenvalue weighted by molar-refractivity contribution is -0.160. The van der Waals surface area contributed by atoms with Gasteiger partial charge in [0.2, 0.25) is 11.8 Å². The summed E-state index contributed by atoms with van der Waals surface area (Å²) < 4.78 is 48.4. The number of esters is 1. The van der Waals surface area contributed by atoms with Crippen LogP contribution in [0.2, 0.25) is 0 Å². The molecule has 1 aromatic rings. The number of rotatable bonds is 5. The molecule has 2 aliphatic heterocycles. The summed E-state index contributed by atoms with van der Waals surface area (Å²) in [5.41, 5.74) is -1.07. The number of ether oxygens (including phenoxy) is 2. The Hall–Kier alpha value is -2.39. The SMILES string of the molecule is O=C1C[C@H](CCC(=O)N2CC3(CC(Oc4cncc(C(F)(F)F)n4)C3)C2)CO1. The molecule has 3 aliphatic rings. The number of carbonyl (C=O) groups excluding carboxylic acids is 2. The number of alkyl halides is 3. The van der Waals surface area contributed by atoms with Crippen molar-refractivity contribution in [3.05, 3.63) is 18.1 Å². The average Bonchev–Trinajstić information content (AvgIpc) is 2.98. The lowest BCUT2D eigenvalue weighted by Crippen LogP contribution is -2.65. The Kier molecular flexibility index (Phi) is 4.67. The van der Waals surface area contributed by atoms with Crippen LogP contribution in [0.3, 0.4) is 0 Å². The van der Waals surface area contributed by atoms with Gasteiger partial charge in [-0.3, -0.25) is 14.6 Å². The van der Waals surface area contributed by atoms with Crippen LogP contribution in [0.5, 0.6) is 5.88 Å². The van der Waals surface area contributed by atoms with Gasteiger partial charge >= 0.3 is 12.1 Å². The van der Waals surface area contributed by atoms with Crippen molar-refractivity contribution in [2.45, 2.75) is 44.4 Å². The summed E-state index contributed by atoms with van der Waals surface area (Å²) in [4.78, 5) is 32.1. The smallest absolute Gasteiger partial charge is 0.435 e. The van der Waals surface area contributed by atoms with Crippen molar-refractivity contribution in [2.24, 2.45) is 11.3 Å². The number of hydrogen-bond acceptors (Lipinski definition) is 6. The van der Waals surface area contributed by atoms with Crippen LogP contribution in [0.15, 0.2) is 12.4 Å². The summed E-state index contributed by atoms with van der Waals surface area (Å²) in [7, 11) is 0. The van der Waals surface area contributed by atoms with Crippen LogP contribution in [0.1, 0.15) is 37.8 Å². The van der Waals surface area contributed by atoms with E-state index in [0.29, 0.717) is 58.0 Å². The van der Waals surface area contributed by atoms with E-state index in [2.05, 4.69) is 9.97 Å². The van der Waals surface area contributed by atoms with E-state index >= 15 is 0 Å². The van der Waals surface area contributed by atoms with E-state index in [1.165, 1.54) is 6.20 Å². The number of aromatic nitrogens is 2. The van der Waals surface area contributed by atoms with Crippen molar-refractivity contribution >= 4 is 11.9 Å². The van der Waals surface area contributed by atoms with Gasteiger partial charge in [-0.15, -0.1) is 0 Å². The fourth-order valence-electron chi connectivity index (χ4n) is 4.14. The molecule has 1 aromatic heterocycles. The molecular weight excluding hydrogens is 379 g/mol. The van der Waals surface area contributed by atoms with Crippen LogP contribution < -0.4 is 4.74 Å². The average molecular weight is 399 g/mol. The van der Waals surface area contributed by atoms with E-state index < -0.39 is 11.9 Å². The predicted molar refractivity (Wildman–Crippen MR) is 88.0 cm³/mol. The highest BCUT2D eigenvalue weighted by molar-refractivity contribution is 5.77. The normalized spacial score (nSPS) is 23.9. The summed E-state index contributed by atoms with van der Waals surface area (Å²) in [6, 6.07) is 0. The molecule has 0 bridgehead atoms. The van der Waals surface area contributed by atoms with Gasteiger partial charge < -0.3 is 14.4 Å². The monoisotopic (exact) mass is 399 g/mol. The Bertz CT molecular complexity index is 772. The minimum Gasteiger partial charge on any atom is -0.473 e. The van der Waals surface area contributed by atoms with Crippen LogP contribution in [0, 0.1) is 11.3 Å². The van der Waals surface area contributed by atoms with Crippen molar-refractivity contribution in [1.29, 1.82) is 0 Å². The van der Waals surface area contributed by atoms with Crippen molar-refractivity contribution in [3.63, 3.8) is 0 Å². The lowest BCUT2D eigenvalue weighted by atomic mass is 9.61. The minimum atomic E-state index is -4.56. The molecule has 7 nitrogen and oxygen atoms in total. The van der Waals surface area contributed by atoms with E-state index in [9.17, 15) is 22.8 Å². The molecule has 1 amide bonds. The second-order valence-corrected chi connectivity index (χ2v) is 7.93. The van der Waals surface area contributed by atoms with Crippen LogP contribution >= 0.6 is 0 Å². The van der Waals surface area contributed by atoms with E-state index in [1.807, 2.05) is 0 Å². The predicted octanol–water partition coefficient (Wildman–Crippen LogP) is 2.21. The molecule has 1 aliphatic carbocycles. The van der Waals surface area contributed by atoms with Gasteiger partial charge in [0.25, 0.3) is 0 Å². The summed E-state index contributed by atoms with van der Waals surface area (Å²) in [6.45, 7) is 1.67. The zero-order chi connectivity index (χ0) is 19.9. The minimum absolute atomic E-state index is 0.00181. The fourth-order valence-corrected chi connectivity index (χ4v) is 4.14. The standard InChI is InChI=1S/C18H20F3N3O4/c19-18(20,21)13-6-22-7-14(23-13)28-12-4-17(5-12)9-24(10-17)15(25)2-1-11-3-16(26)27-8-11/h6-7,11-12H,1-5,8-10H2/t11-/m0/s1. The van der Waals surface area contributed by atoms with Gasteiger partial charge in [0.15, 0.2) is 5.69 Å². The largest absolute Gasteiger partial charge is 0.473 e. The van der Waals surface area contributed by atoms with Crippen LogP contribution in [-0.4, -0.2) is 52.5 Å². The lowest BCUT2D eigenvalue weighted by Gasteiger charge is -2.58. The molecular formula is C18H20F3N3O4. The van der Waals surface area contributed by atoms with Crippen molar-refractivity contribution in [3.8, 4) is 5.88 Å². The first-order chi connectivity index (χ1) is 13.2. The molecule has 0 aromatic carbocycles. The Morgan fingerprint density at radius 3 is 2.71 bits per heavy atom. The van der Waals surface area contributed by atoms with Gasteiger partial charge in [0.1, 0.15) is 6.10 Å². The quantitative estimate of drug-likeness (QED) is 0.707. The second kappa shape index (κ2) is 6.89. The van der Waals surface area contributed by atoms with E-state index in [1.54, 1.807) is 4.90 Å². The summed E-state index contributed by atoms with van der Waals surface area (Å²) in [5.74, 6) is -0.138. The van der Waals surface area contributed by atoms with Crippen LogP contribution in [0.25, 0.3) is 0 Å². The van der Waals surface area contributed by atoms with Crippen molar-refractivity contribution in [1.82, 2.24) is 14.9 Å². The topological polar surface area (TPSA) is 81.6 Å². The Morgan fingerprint density at radius 2 is 2.07 bits per heavy atom. The first kappa shape index (κ1) is 18.9. The molecule has 0 N–H and O–H groups in total. The van der Waals surface area contributed by atoms with Crippen molar-refractivity contribution in [2.75, 3.05) is 19.7 Å². The second-order valence-electron chi connectivity index (χ2n) is 7.93. The molecule has 0 unspecified atom stereocenters. The maximum absolute atomic E-state index is 12.7. The Morgan fingerprint density at radius 1 is 1.32 bits per heavy atom. The molecule has 3 heterocycles. The fraction of sp³-hybridized carbons (Fsp3) is 0.667. The molecule has 152 valence electrons. The summed E-state index contributed by atoms with van der Waals surface area (Å²) >= 11 is 0. The van der Waals surface area contributed by atoms with Crippen LogP contribution in [-0.2, 0) is 20.5 Å².